The fourth-order valence-corrected chi connectivity index (χ4v) is 1.47. The Morgan fingerprint density at radius 3 is 2.60 bits per heavy atom. The van der Waals surface area contributed by atoms with Gasteiger partial charge in [-0.2, -0.15) is 0 Å². The molecule has 0 aliphatic carbocycles. The molecule has 0 unspecified atom stereocenters. The number of nitrogens with zero attached hydrogens (tertiary/aromatic N) is 1. The van der Waals surface area contributed by atoms with Crippen molar-refractivity contribution < 1.29 is 14.4 Å². The number of carboxylic acid groups (broad SMARTS) is 1. The highest BCUT2D eigenvalue weighted by molar-refractivity contribution is 9.10. The van der Waals surface area contributed by atoms with Crippen LogP contribution in [0.5, 0.6) is 0 Å². The Morgan fingerprint density at radius 1 is 1.33 bits per heavy atom. The molecular formula is C10H6BrNO3. The van der Waals surface area contributed by atoms with E-state index < -0.39 is 5.97 Å². The number of rotatable bonds is 2. The van der Waals surface area contributed by atoms with E-state index >= 15 is 0 Å². The maximum Gasteiger partial charge on any atom is 0.341 e. The van der Waals surface area contributed by atoms with E-state index in [4.69, 9.17) is 5.11 Å². The molecule has 1 N–H and O–H groups in total. The van der Waals surface area contributed by atoms with Crippen molar-refractivity contribution >= 4 is 21.9 Å². The van der Waals surface area contributed by atoms with Gasteiger partial charge in [-0.15, -0.1) is 0 Å². The minimum absolute atomic E-state index is 0.0670. The molecule has 1 heterocycles. The molecule has 15 heavy (non-hydrogen) atoms. The molecule has 0 aliphatic rings. The van der Waals surface area contributed by atoms with Gasteiger partial charge in [0.2, 0.25) is 0 Å². The van der Waals surface area contributed by atoms with Gasteiger partial charge in [-0.3, -0.25) is 0 Å². The van der Waals surface area contributed by atoms with Gasteiger partial charge >= 0.3 is 5.97 Å². The third kappa shape index (κ3) is 1.92. The summed E-state index contributed by atoms with van der Waals surface area (Å²) >= 11 is 3.30. The third-order valence-corrected chi connectivity index (χ3v) is 2.45. The average molecular weight is 268 g/mol. The van der Waals surface area contributed by atoms with Crippen molar-refractivity contribution in [2.75, 3.05) is 0 Å². The topological polar surface area (TPSA) is 63.3 Å². The smallest absolute Gasteiger partial charge is 0.341 e. The molecule has 0 spiro atoms. The monoisotopic (exact) mass is 267 g/mol. The minimum Gasteiger partial charge on any atom is -0.477 e. The number of hydrogen-bond acceptors (Lipinski definition) is 3. The summed E-state index contributed by atoms with van der Waals surface area (Å²) < 4.78 is 5.57. The molecule has 2 aromatic rings. The van der Waals surface area contributed by atoms with E-state index in [2.05, 4.69) is 25.6 Å². The lowest BCUT2D eigenvalue weighted by Gasteiger charge is -1.97. The van der Waals surface area contributed by atoms with Gasteiger partial charge in [0.25, 0.3) is 0 Å². The molecular weight excluding hydrogens is 262 g/mol. The second-order valence-electron chi connectivity index (χ2n) is 2.89. The molecule has 4 nitrogen and oxygen atoms in total. The third-order valence-electron chi connectivity index (χ3n) is 1.92. The summed E-state index contributed by atoms with van der Waals surface area (Å²) in [7, 11) is 0. The Bertz CT molecular complexity index is 490. The lowest BCUT2D eigenvalue weighted by atomic mass is 10.1. The van der Waals surface area contributed by atoms with Crippen molar-refractivity contribution in [3.8, 4) is 11.3 Å². The zero-order chi connectivity index (χ0) is 10.8. The van der Waals surface area contributed by atoms with Crippen molar-refractivity contribution in [3.63, 3.8) is 0 Å². The lowest BCUT2D eigenvalue weighted by Crippen LogP contribution is -1.96. The van der Waals surface area contributed by atoms with E-state index in [9.17, 15) is 4.79 Å². The van der Waals surface area contributed by atoms with E-state index in [1.807, 2.05) is 12.1 Å². The second-order valence-corrected chi connectivity index (χ2v) is 3.80. The first-order valence-electron chi connectivity index (χ1n) is 4.12. The molecule has 2 rings (SSSR count). The van der Waals surface area contributed by atoms with Gasteiger partial charge in [-0.1, -0.05) is 33.2 Å². The largest absolute Gasteiger partial charge is 0.477 e. The maximum absolute atomic E-state index is 10.8. The van der Waals surface area contributed by atoms with Crippen LogP contribution in [0.1, 0.15) is 10.4 Å². The van der Waals surface area contributed by atoms with Crippen LogP contribution in [-0.2, 0) is 0 Å². The van der Waals surface area contributed by atoms with Crippen LogP contribution in [0, 0.1) is 0 Å². The average Bonchev–Trinajstić information content (AvgIpc) is 2.67. The molecule has 0 saturated heterocycles. The summed E-state index contributed by atoms with van der Waals surface area (Å²) in [6.45, 7) is 0. The van der Waals surface area contributed by atoms with Crippen molar-refractivity contribution in [1.82, 2.24) is 5.16 Å². The number of hydrogen-bond donors (Lipinski definition) is 1. The Balaban J connectivity index is 2.49. The summed E-state index contributed by atoms with van der Waals surface area (Å²) in [6, 6.07) is 7.17. The SMILES string of the molecule is O=C(O)c1conc1-c1ccc(Br)cc1. The Morgan fingerprint density at radius 2 is 2.00 bits per heavy atom. The first-order chi connectivity index (χ1) is 7.18. The maximum atomic E-state index is 10.8. The van der Waals surface area contributed by atoms with Crippen molar-refractivity contribution in [1.29, 1.82) is 0 Å². The van der Waals surface area contributed by atoms with E-state index in [1.165, 1.54) is 0 Å². The van der Waals surface area contributed by atoms with E-state index in [0.29, 0.717) is 11.3 Å². The quantitative estimate of drug-likeness (QED) is 0.909. The molecule has 0 amide bonds. The Kier molecular flexibility index (Phi) is 2.55. The summed E-state index contributed by atoms with van der Waals surface area (Å²) in [5.74, 6) is -1.05. The first-order valence-corrected chi connectivity index (χ1v) is 4.91. The van der Waals surface area contributed by atoms with E-state index in [0.717, 1.165) is 10.7 Å². The predicted molar refractivity (Wildman–Crippen MR) is 56.6 cm³/mol. The van der Waals surface area contributed by atoms with Crippen LogP contribution in [0.25, 0.3) is 11.3 Å². The van der Waals surface area contributed by atoms with Crippen LogP contribution in [0.3, 0.4) is 0 Å². The van der Waals surface area contributed by atoms with E-state index in [1.54, 1.807) is 12.1 Å². The highest BCUT2D eigenvalue weighted by Crippen LogP contribution is 2.23. The van der Waals surface area contributed by atoms with Crippen LogP contribution in [0.4, 0.5) is 0 Å². The molecule has 0 radical (unpaired) electrons. The van der Waals surface area contributed by atoms with Crippen LogP contribution in [0.2, 0.25) is 0 Å². The number of carbonyl (C=O) groups is 1. The number of aromatic nitrogens is 1. The number of benzene rings is 1. The molecule has 76 valence electrons. The van der Waals surface area contributed by atoms with Crippen LogP contribution >= 0.6 is 15.9 Å². The van der Waals surface area contributed by atoms with Gasteiger partial charge in [-0.05, 0) is 12.1 Å². The normalized spacial score (nSPS) is 10.2. The molecule has 0 bridgehead atoms. The second kappa shape index (κ2) is 3.86. The van der Waals surface area contributed by atoms with Gasteiger partial charge in [0.1, 0.15) is 17.5 Å². The summed E-state index contributed by atoms with van der Waals surface area (Å²) in [5.41, 5.74) is 1.12. The molecule has 1 aromatic carbocycles. The molecule has 0 fully saturated rings. The Labute approximate surface area is 93.6 Å². The predicted octanol–water partition coefficient (Wildman–Crippen LogP) is 2.80. The molecule has 0 saturated carbocycles. The van der Waals surface area contributed by atoms with Gasteiger partial charge in [-0.25, -0.2) is 4.79 Å². The standard InChI is InChI=1S/C10H6BrNO3/c11-7-3-1-6(2-4-7)9-8(10(13)14)5-15-12-9/h1-5H,(H,13,14). The van der Waals surface area contributed by atoms with Gasteiger partial charge in [0.15, 0.2) is 0 Å². The molecule has 5 heteroatoms. The van der Waals surface area contributed by atoms with Gasteiger partial charge in [0, 0.05) is 10.0 Å². The van der Waals surface area contributed by atoms with Crippen LogP contribution < -0.4 is 0 Å². The van der Waals surface area contributed by atoms with Crippen molar-refractivity contribution in [2.45, 2.75) is 0 Å². The zero-order valence-electron chi connectivity index (χ0n) is 7.48. The van der Waals surface area contributed by atoms with Crippen LogP contribution in [0.15, 0.2) is 39.5 Å². The summed E-state index contributed by atoms with van der Waals surface area (Å²) in [6.07, 6.45) is 1.12. The number of carboxylic acids is 1. The van der Waals surface area contributed by atoms with Crippen LogP contribution in [-0.4, -0.2) is 16.2 Å². The molecule has 0 atom stereocenters. The number of aromatic carboxylic acids is 1. The van der Waals surface area contributed by atoms with Gasteiger partial charge in [0.05, 0.1) is 0 Å². The Hall–Kier alpha value is -1.62. The number of halogens is 1. The molecule has 0 aliphatic heterocycles. The molecule has 1 aromatic heterocycles. The zero-order valence-corrected chi connectivity index (χ0v) is 9.06. The highest BCUT2D eigenvalue weighted by atomic mass is 79.9. The summed E-state index contributed by atoms with van der Waals surface area (Å²) in [5, 5.41) is 12.5. The van der Waals surface area contributed by atoms with Crippen molar-refractivity contribution in [3.05, 3.63) is 40.6 Å². The first kappa shape index (κ1) is 9.92. The lowest BCUT2D eigenvalue weighted by molar-refractivity contribution is 0.0697. The summed E-state index contributed by atoms with van der Waals surface area (Å²) in [4.78, 5) is 10.8. The van der Waals surface area contributed by atoms with Gasteiger partial charge < -0.3 is 9.63 Å². The van der Waals surface area contributed by atoms with E-state index in [-0.39, 0.29) is 5.56 Å². The highest BCUT2D eigenvalue weighted by Gasteiger charge is 2.15. The van der Waals surface area contributed by atoms with Crippen molar-refractivity contribution in [2.24, 2.45) is 0 Å². The minimum atomic E-state index is -1.05. The fraction of sp³-hybridized carbons (Fsp3) is 0. The fourth-order valence-electron chi connectivity index (χ4n) is 1.20.